The number of nitrogens with zero attached hydrogens (tertiary/aromatic N) is 2. The van der Waals surface area contributed by atoms with E-state index in [9.17, 15) is 20.0 Å². The van der Waals surface area contributed by atoms with Gasteiger partial charge in [-0.2, -0.15) is 0 Å². The number of rotatable bonds is 3. The van der Waals surface area contributed by atoms with E-state index in [0.29, 0.717) is 5.69 Å². The molecule has 0 aromatic heterocycles. The lowest BCUT2D eigenvalue weighted by molar-refractivity contribution is -0.384. The summed E-state index contributed by atoms with van der Waals surface area (Å²) in [6.45, 7) is 0. The molecular weight excluding hydrogens is 260 g/mol. The first-order valence-corrected chi connectivity index (χ1v) is 5.81. The highest BCUT2D eigenvalue weighted by atomic mass is 16.6. The normalized spacial score (nSPS) is 10.1. The lowest BCUT2D eigenvalue weighted by Gasteiger charge is -2.17. The van der Waals surface area contributed by atoms with E-state index in [4.69, 9.17) is 0 Å². The summed E-state index contributed by atoms with van der Waals surface area (Å²) in [4.78, 5) is 23.7. The van der Waals surface area contributed by atoms with E-state index < -0.39 is 10.8 Å². The highest BCUT2D eigenvalue weighted by Gasteiger charge is 2.20. The predicted octanol–water partition coefficient (Wildman–Crippen LogP) is 2.58. The number of hydrogen-bond acceptors (Lipinski definition) is 4. The second kappa shape index (κ2) is 5.40. The number of carbonyl (C=O) groups is 1. The van der Waals surface area contributed by atoms with Gasteiger partial charge in [-0.25, -0.2) is 0 Å². The van der Waals surface area contributed by atoms with Gasteiger partial charge in [0.1, 0.15) is 5.75 Å². The van der Waals surface area contributed by atoms with Crippen LogP contribution in [0.2, 0.25) is 0 Å². The SMILES string of the molecule is CN(C(=O)c1cc([N+](=O)[O-])ccc1O)c1ccccc1. The molecule has 1 N–H and O–H groups in total. The zero-order valence-corrected chi connectivity index (χ0v) is 10.7. The van der Waals surface area contributed by atoms with Crippen LogP contribution in [-0.2, 0) is 0 Å². The molecule has 6 nitrogen and oxygen atoms in total. The maximum absolute atomic E-state index is 12.3. The smallest absolute Gasteiger partial charge is 0.270 e. The molecule has 1 amide bonds. The van der Waals surface area contributed by atoms with Crippen molar-refractivity contribution in [2.45, 2.75) is 0 Å². The van der Waals surface area contributed by atoms with Gasteiger partial charge in [-0.1, -0.05) is 18.2 Å². The van der Waals surface area contributed by atoms with Gasteiger partial charge in [0.15, 0.2) is 0 Å². The summed E-state index contributed by atoms with van der Waals surface area (Å²) in [5, 5.41) is 20.4. The van der Waals surface area contributed by atoms with Crippen molar-refractivity contribution in [3.63, 3.8) is 0 Å². The molecule has 0 bridgehead atoms. The summed E-state index contributed by atoms with van der Waals surface area (Å²) in [6, 6.07) is 12.2. The van der Waals surface area contributed by atoms with E-state index in [0.717, 1.165) is 18.2 Å². The lowest BCUT2D eigenvalue weighted by atomic mass is 10.1. The molecule has 0 aliphatic heterocycles. The molecule has 0 aliphatic rings. The van der Waals surface area contributed by atoms with E-state index in [-0.39, 0.29) is 17.0 Å². The molecule has 2 aromatic rings. The molecule has 2 rings (SSSR count). The summed E-state index contributed by atoms with van der Waals surface area (Å²) in [5.74, 6) is -0.805. The fourth-order valence-electron chi connectivity index (χ4n) is 1.76. The summed E-state index contributed by atoms with van der Waals surface area (Å²) in [6.07, 6.45) is 0. The van der Waals surface area contributed by atoms with Gasteiger partial charge in [-0.3, -0.25) is 14.9 Å². The number of phenolic OH excluding ortho intramolecular Hbond substituents is 1. The second-order valence-electron chi connectivity index (χ2n) is 4.16. The van der Waals surface area contributed by atoms with Crippen molar-refractivity contribution in [2.24, 2.45) is 0 Å². The van der Waals surface area contributed by atoms with E-state index in [2.05, 4.69) is 0 Å². The van der Waals surface area contributed by atoms with Crippen LogP contribution in [0.25, 0.3) is 0 Å². The molecule has 0 fully saturated rings. The Morgan fingerprint density at radius 1 is 1.20 bits per heavy atom. The van der Waals surface area contributed by atoms with Gasteiger partial charge in [-0.05, 0) is 18.2 Å². The minimum Gasteiger partial charge on any atom is -0.507 e. The fraction of sp³-hybridized carbons (Fsp3) is 0.0714. The number of hydrogen-bond donors (Lipinski definition) is 1. The second-order valence-corrected chi connectivity index (χ2v) is 4.16. The first kappa shape index (κ1) is 13.5. The number of anilines is 1. The van der Waals surface area contributed by atoms with Crippen molar-refractivity contribution < 1.29 is 14.8 Å². The quantitative estimate of drug-likeness (QED) is 0.687. The van der Waals surface area contributed by atoms with Crippen molar-refractivity contribution in [1.82, 2.24) is 0 Å². The third-order valence-corrected chi connectivity index (χ3v) is 2.87. The van der Waals surface area contributed by atoms with Crippen molar-refractivity contribution >= 4 is 17.3 Å². The van der Waals surface area contributed by atoms with Crippen molar-refractivity contribution in [2.75, 3.05) is 11.9 Å². The molecule has 0 radical (unpaired) electrons. The summed E-state index contributed by atoms with van der Waals surface area (Å²) < 4.78 is 0. The Morgan fingerprint density at radius 3 is 2.45 bits per heavy atom. The standard InChI is InChI=1S/C14H12N2O4/c1-15(10-5-3-2-4-6-10)14(18)12-9-11(16(19)20)7-8-13(12)17/h2-9,17H,1H3. The molecule has 0 saturated carbocycles. The molecule has 0 spiro atoms. The molecule has 6 heteroatoms. The van der Waals surface area contributed by atoms with Gasteiger partial charge >= 0.3 is 0 Å². The molecule has 0 unspecified atom stereocenters. The largest absolute Gasteiger partial charge is 0.507 e. The number of nitro benzene ring substituents is 1. The number of benzene rings is 2. The van der Waals surface area contributed by atoms with E-state index in [1.165, 1.54) is 11.9 Å². The van der Waals surface area contributed by atoms with Crippen LogP contribution in [0.15, 0.2) is 48.5 Å². The Labute approximate surface area is 115 Å². The first-order chi connectivity index (χ1) is 9.50. The number of para-hydroxylation sites is 1. The van der Waals surface area contributed by atoms with Crippen molar-refractivity contribution in [3.05, 3.63) is 64.2 Å². The van der Waals surface area contributed by atoms with Gasteiger partial charge in [0.25, 0.3) is 11.6 Å². The number of nitro groups is 1. The Hall–Kier alpha value is -2.89. The van der Waals surface area contributed by atoms with Crippen LogP contribution in [0.4, 0.5) is 11.4 Å². The molecule has 0 heterocycles. The average Bonchev–Trinajstić information content (AvgIpc) is 2.47. The van der Waals surface area contributed by atoms with Crippen LogP contribution in [0.3, 0.4) is 0 Å². The Kier molecular flexibility index (Phi) is 3.65. The molecule has 0 aliphatic carbocycles. The van der Waals surface area contributed by atoms with Crippen LogP contribution in [-0.4, -0.2) is 23.0 Å². The average molecular weight is 272 g/mol. The number of aromatic hydroxyl groups is 1. The number of non-ortho nitro benzene ring substituents is 1. The molecule has 0 saturated heterocycles. The van der Waals surface area contributed by atoms with E-state index in [1.807, 2.05) is 6.07 Å². The van der Waals surface area contributed by atoms with Gasteiger partial charge in [-0.15, -0.1) is 0 Å². The minimum absolute atomic E-state index is 0.106. The van der Waals surface area contributed by atoms with Gasteiger partial charge in [0.05, 0.1) is 10.5 Å². The lowest BCUT2D eigenvalue weighted by Crippen LogP contribution is -2.26. The summed E-state index contributed by atoms with van der Waals surface area (Å²) >= 11 is 0. The summed E-state index contributed by atoms with van der Waals surface area (Å²) in [5.41, 5.74) is 0.279. The Bertz CT molecular complexity index is 655. The highest BCUT2D eigenvalue weighted by Crippen LogP contribution is 2.25. The predicted molar refractivity (Wildman–Crippen MR) is 73.9 cm³/mol. The van der Waals surface area contributed by atoms with Crippen molar-refractivity contribution in [1.29, 1.82) is 0 Å². The Morgan fingerprint density at radius 2 is 1.85 bits per heavy atom. The number of amides is 1. The Balaban J connectivity index is 2.38. The zero-order chi connectivity index (χ0) is 14.7. The van der Waals surface area contributed by atoms with Crippen LogP contribution in [0.1, 0.15) is 10.4 Å². The molecule has 2 aromatic carbocycles. The zero-order valence-electron chi connectivity index (χ0n) is 10.7. The third-order valence-electron chi connectivity index (χ3n) is 2.87. The molecule has 0 atom stereocenters. The van der Waals surface area contributed by atoms with Crippen molar-refractivity contribution in [3.8, 4) is 5.75 Å². The van der Waals surface area contributed by atoms with Crippen LogP contribution >= 0.6 is 0 Å². The van der Waals surface area contributed by atoms with Gasteiger partial charge < -0.3 is 10.0 Å². The highest BCUT2D eigenvalue weighted by molar-refractivity contribution is 6.07. The minimum atomic E-state index is -0.612. The summed E-state index contributed by atoms with van der Waals surface area (Å²) in [7, 11) is 1.54. The van der Waals surface area contributed by atoms with Gasteiger partial charge in [0.2, 0.25) is 0 Å². The maximum Gasteiger partial charge on any atom is 0.270 e. The molecule has 102 valence electrons. The van der Waals surface area contributed by atoms with Gasteiger partial charge in [0, 0.05) is 24.9 Å². The van der Waals surface area contributed by atoms with Crippen LogP contribution in [0.5, 0.6) is 5.75 Å². The number of carbonyl (C=O) groups excluding carboxylic acids is 1. The molecule has 20 heavy (non-hydrogen) atoms. The van der Waals surface area contributed by atoms with Crippen LogP contribution < -0.4 is 4.90 Å². The number of phenols is 1. The van der Waals surface area contributed by atoms with E-state index in [1.54, 1.807) is 24.3 Å². The maximum atomic E-state index is 12.3. The first-order valence-electron chi connectivity index (χ1n) is 5.81. The monoisotopic (exact) mass is 272 g/mol. The fourth-order valence-corrected chi connectivity index (χ4v) is 1.76. The van der Waals surface area contributed by atoms with Crippen LogP contribution in [0, 0.1) is 10.1 Å². The third kappa shape index (κ3) is 2.59. The molecular formula is C14H12N2O4. The topological polar surface area (TPSA) is 83.7 Å². The van der Waals surface area contributed by atoms with E-state index >= 15 is 0 Å².